The highest BCUT2D eigenvalue weighted by atomic mass is 32.2. The third-order valence-electron chi connectivity index (χ3n) is 5.71. The maximum Gasteiger partial charge on any atom is 0.164 e. The van der Waals surface area contributed by atoms with Crippen LogP contribution in [0, 0.1) is 23.2 Å². The lowest BCUT2D eigenvalue weighted by atomic mass is 9.85. The molecule has 2 unspecified atom stereocenters. The third-order valence-corrected chi connectivity index (χ3v) is 8.45. The molecular formula is C19H26N4O2S. The van der Waals surface area contributed by atoms with Crippen LogP contribution in [0.25, 0.3) is 0 Å². The Hall–Kier alpha value is -2.07. The van der Waals surface area contributed by atoms with Crippen LogP contribution in [0.15, 0.2) is 18.3 Å². The highest BCUT2D eigenvalue weighted by Crippen LogP contribution is 2.36. The SMILES string of the molecule is CC#Cc1ccnc(N2CCC(C3(C)CS(=O)(=O)C(C)(C)C(=N)N3)C2)c1. The topological polar surface area (TPSA) is 86.2 Å². The molecule has 1 aromatic rings. The zero-order valence-corrected chi connectivity index (χ0v) is 16.6. The van der Waals surface area contributed by atoms with E-state index in [0.717, 1.165) is 24.3 Å². The number of amidine groups is 1. The Balaban J connectivity index is 1.81. The average molecular weight is 375 g/mol. The molecule has 0 aromatic carbocycles. The van der Waals surface area contributed by atoms with E-state index in [-0.39, 0.29) is 17.5 Å². The van der Waals surface area contributed by atoms with Gasteiger partial charge in [0, 0.05) is 30.8 Å². The Kier molecular flexibility index (Phi) is 4.51. The summed E-state index contributed by atoms with van der Waals surface area (Å²) in [6, 6.07) is 3.85. The second-order valence-electron chi connectivity index (χ2n) is 7.90. The molecule has 3 heterocycles. The van der Waals surface area contributed by atoms with Crippen molar-refractivity contribution < 1.29 is 8.42 Å². The van der Waals surface area contributed by atoms with Gasteiger partial charge in [-0.1, -0.05) is 5.92 Å². The van der Waals surface area contributed by atoms with Crippen molar-refractivity contribution in [3.05, 3.63) is 23.9 Å². The zero-order chi connectivity index (χ0) is 19.2. The van der Waals surface area contributed by atoms with Gasteiger partial charge in [-0.3, -0.25) is 5.41 Å². The summed E-state index contributed by atoms with van der Waals surface area (Å²) in [6.07, 6.45) is 2.61. The molecule has 0 bridgehead atoms. The van der Waals surface area contributed by atoms with Gasteiger partial charge in [-0.05, 0) is 46.2 Å². The van der Waals surface area contributed by atoms with Gasteiger partial charge >= 0.3 is 0 Å². The Bertz CT molecular complexity index is 898. The summed E-state index contributed by atoms with van der Waals surface area (Å²) in [5.74, 6) is 7.05. The van der Waals surface area contributed by atoms with Gasteiger partial charge < -0.3 is 10.2 Å². The van der Waals surface area contributed by atoms with E-state index in [0.29, 0.717) is 6.54 Å². The smallest absolute Gasteiger partial charge is 0.164 e. The lowest BCUT2D eigenvalue weighted by molar-refractivity contribution is 0.301. The van der Waals surface area contributed by atoms with Crippen LogP contribution in [0.4, 0.5) is 5.82 Å². The monoisotopic (exact) mass is 374 g/mol. The van der Waals surface area contributed by atoms with Gasteiger partial charge in [-0.25, -0.2) is 13.4 Å². The quantitative estimate of drug-likeness (QED) is 0.771. The summed E-state index contributed by atoms with van der Waals surface area (Å²) < 4.78 is 24.3. The van der Waals surface area contributed by atoms with Crippen LogP contribution in [-0.2, 0) is 9.84 Å². The van der Waals surface area contributed by atoms with Crippen molar-refractivity contribution in [1.82, 2.24) is 10.3 Å². The number of anilines is 1. The van der Waals surface area contributed by atoms with Crippen molar-refractivity contribution in [2.75, 3.05) is 23.7 Å². The van der Waals surface area contributed by atoms with E-state index < -0.39 is 20.1 Å². The summed E-state index contributed by atoms with van der Waals surface area (Å²) >= 11 is 0. The van der Waals surface area contributed by atoms with E-state index in [2.05, 4.69) is 27.0 Å². The first-order valence-corrected chi connectivity index (χ1v) is 10.5. The molecule has 26 heavy (non-hydrogen) atoms. The molecule has 0 aliphatic carbocycles. The highest BCUT2D eigenvalue weighted by Gasteiger charge is 2.53. The second kappa shape index (κ2) is 6.27. The van der Waals surface area contributed by atoms with Gasteiger partial charge in [-0.2, -0.15) is 0 Å². The Morgan fingerprint density at radius 3 is 2.77 bits per heavy atom. The van der Waals surface area contributed by atoms with Crippen LogP contribution < -0.4 is 10.2 Å². The summed E-state index contributed by atoms with van der Waals surface area (Å²) in [6.45, 7) is 8.45. The molecule has 6 nitrogen and oxygen atoms in total. The van der Waals surface area contributed by atoms with E-state index in [9.17, 15) is 8.42 Å². The molecule has 0 spiro atoms. The number of aromatic nitrogens is 1. The second-order valence-corrected chi connectivity index (χ2v) is 10.4. The van der Waals surface area contributed by atoms with E-state index in [4.69, 9.17) is 5.41 Å². The number of pyridine rings is 1. The van der Waals surface area contributed by atoms with Gasteiger partial charge in [0.1, 0.15) is 16.4 Å². The van der Waals surface area contributed by atoms with Crippen LogP contribution >= 0.6 is 0 Å². The molecule has 140 valence electrons. The first-order valence-electron chi connectivity index (χ1n) is 8.82. The number of hydrogen-bond donors (Lipinski definition) is 2. The standard InChI is InChI=1S/C19H26N4O2S/c1-5-6-14-7-9-21-16(11-14)23-10-8-15(12-23)19(4)13-26(24,25)18(2,3)17(20)22-19/h7,9,11,15H,8,10,12-13H2,1-4H3,(H2,20,22). The predicted octanol–water partition coefficient (Wildman–Crippen LogP) is 1.81. The molecule has 1 aromatic heterocycles. The maximum absolute atomic E-state index is 12.7. The number of nitrogens with zero attached hydrogens (tertiary/aromatic N) is 2. The van der Waals surface area contributed by atoms with Gasteiger partial charge in [0.25, 0.3) is 0 Å². The number of rotatable bonds is 2. The average Bonchev–Trinajstić information content (AvgIpc) is 3.04. The molecule has 2 N–H and O–H groups in total. The molecule has 2 aliphatic rings. The fourth-order valence-corrected chi connectivity index (χ4v) is 5.54. The van der Waals surface area contributed by atoms with E-state index >= 15 is 0 Å². The first kappa shape index (κ1) is 18.7. The minimum atomic E-state index is -3.39. The van der Waals surface area contributed by atoms with Gasteiger partial charge in [0.2, 0.25) is 0 Å². The van der Waals surface area contributed by atoms with Crippen molar-refractivity contribution in [1.29, 1.82) is 5.41 Å². The summed E-state index contributed by atoms with van der Waals surface area (Å²) in [4.78, 5) is 6.62. The largest absolute Gasteiger partial charge is 0.366 e. The van der Waals surface area contributed by atoms with Crippen LogP contribution in [0.2, 0.25) is 0 Å². The van der Waals surface area contributed by atoms with E-state index in [1.54, 1.807) is 27.0 Å². The van der Waals surface area contributed by atoms with E-state index in [1.807, 2.05) is 19.1 Å². The molecular weight excluding hydrogens is 348 g/mol. The fraction of sp³-hybridized carbons (Fsp3) is 0.579. The van der Waals surface area contributed by atoms with Gasteiger partial charge in [0.15, 0.2) is 9.84 Å². The van der Waals surface area contributed by atoms with Crippen molar-refractivity contribution >= 4 is 21.5 Å². The molecule has 0 saturated carbocycles. The Labute approximate surface area is 155 Å². The van der Waals surface area contributed by atoms with E-state index in [1.165, 1.54) is 0 Å². The Morgan fingerprint density at radius 1 is 1.38 bits per heavy atom. The summed E-state index contributed by atoms with van der Waals surface area (Å²) in [7, 11) is -3.39. The molecule has 3 rings (SSSR count). The van der Waals surface area contributed by atoms with Gasteiger partial charge in [-0.15, -0.1) is 5.92 Å². The minimum absolute atomic E-state index is 0.0443. The lowest BCUT2D eigenvalue weighted by Gasteiger charge is -2.46. The minimum Gasteiger partial charge on any atom is -0.366 e. The fourth-order valence-electron chi connectivity index (χ4n) is 3.72. The summed E-state index contributed by atoms with van der Waals surface area (Å²) in [5.41, 5.74) is 0.287. The van der Waals surface area contributed by atoms with Crippen LogP contribution in [0.1, 0.15) is 39.7 Å². The van der Waals surface area contributed by atoms with Crippen molar-refractivity contribution in [3.63, 3.8) is 0 Å². The van der Waals surface area contributed by atoms with Crippen LogP contribution in [-0.4, -0.2) is 48.4 Å². The zero-order valence-electron chi connectivity index (χ0n) is 15.8. The summed E-state index contributed by atoms with van der Waals surface area (Å²) in [5, 5.41) is 11.4. The van der Waals surface area contributed by atoms with Crippen LogP contribution in [0.5, 0.6) is 0 Å². The maximum atomic E-state index is 12.7. The first-order chi connectivity index (χ1) is 12.1. The Morgan fingerprint density at radius 2 is 2.12 bits per heavy atom. The van der Waals surface area contributed by atoms with Gasteiger partial charge in [0.05, 0.1) is 11.3 Å². The molecule has 0 radical (unpaired) electrons. The van der Waals surface area contributed by atoms with Crippen molar-refractivity contribution in [2.45, 2.75) is 44.4 Å². The number of nitrogens with one attached hydrogen (secondary N) is 2. The predicted molar refractivity (Wildman–Crippen MR) is 104 cm³/mol. The number of hydrogen-bond acceptors (Lipinski definition) is 5. The highest BCUT2D eigenvalue weighted by molar-refractivity contribution is 7.93. The molecule has 7 heteroatoms. The van der Waals surface area contributed by atoms with Crippen LogP contribution in [0.3, 0.4) is 0 Å². The normalized spacial score (nSPS) is 29.6. The lowest BCUT2D eigenvalue weighted by Crippen LogP contribution is -2.68. The van der Waals surface area contributed by atoms with Crippen molar-refractivity contribution in [2.24, 2.45) is 5.92 Å². The number of sulfone groups is 1. The molecule has 2 aliphatic heterocycles. The molecule has 0 amide bonds. The molecule has 2 fully saturated rings. The third kappa shape index (κ3) is 3.07. The van der Waals surface area contributed by atoms with Crippen molar-refractivity contribution in [3.8, 4) is 11.8 Å². The molecule has 2 atom stereocenters. The molecule has 2 saturated heterocycles.